The Kier molecular flexibility index (Phi) is 4.41. The summed E-state index contributed by atoms with van der Waals surface area (Å²) in [5.74, 6) is -0.865. The van der Waals surface area contributed by atoms with Gasteiger partial charge >= 0.3 is 0 Å². The molecule has 2 rings (SSSR count). The third-order valence-corrected chi connectivity index (χ3v) is 3.61. The maximum atomic E-state index is 13.7. The fraction of sp³-hybridized carbons (Fsp3) is 0.278. The van der Waals surface area contributed by atoms with Crippen LogP contribution in [0, 0.1) is 12.7 Å². The number of halogens is 1. The monoisotopic (exact) mass is 285 g/mol. The standard InChI is InChI=1S/C18H20FNO/c1-13-9-10-16(19)15(11-13)17(21)20-12-18(2,3)14-7-5-4-6-8-14/h4-11H,12H2,1-3H3,(H,20,21). The fourth-order valence-corrected chi connectivity index (χ4v) is 2.20. The Balaban J connectivity index is 2.09. The molecule has 0 fully saturated rings. The van der Waals surface area contributed by atoms with Crippen molar-refractivity contribution in [2.45, 2.75) is 26.2 Å². The Hall–Kier alpha value is -2.16. The van der Waals surface area contributed by atoms with Crippen molar-refractivity contribution >= 4 is 5.91 Å². The molecule has 2 nitrogen and oxygen atoms in total. The van der Waals surface area contributed by atoms with Gasteiger partial charge in [0.25, 0.3) is 5.91 Å². The molecular formula is C18H20FNO. The topological polar surface area (TPSA) is 29.1 Å². The van der Waals surface area contributed by atoms with Gasteiger partial charge in [-0.15, -0.1) is 0 Å². The zero-order valence-electron chi connectivity index (χ0n) is 12.6. The summed E-state index contributed by atoms with van der Waals surface area (Å²) in [6, 6.07) is 14.5. The van der Waals surface area contributed by atoms with E-state index in [9.17, 15) is 9.18 Å². The highest BCUT2D eigenvalue weighted by atomic mass is 19.1. The lowest BCUT2D eigenvalue weighted by atomic mass is 9.84. The number of aryl methyl sites for hydroxylation is 1. The first-order valence-corrected chi connectivity index (χ1v) is 7.00. The van der Waals surface area contributed by atoms with Gasteiger partial charge in [0, 0.05) is 12.0 Å². The highest BCUT2D eigenvalue weighted by molar-refractivity contribution is 5.94. The van der Waals surface area contributed by atoms with Crippen LogP contribution in [0.4, 0.5) is 4.39 Å². The number of nitrogens with one attached hydrogen (secondary N) is 1. The van der Waals surface area contributed by atoms with Gasteiger partial charge in [0.15, 0.2) is 0 Å². The molecule has 0 aliphatic heterocycles. The van der Waals surface area contributed by atoms with Crippen molar-refractivity contribution in [3.8, 4) is 0 Å². The van der Waals surface area contributed by atoms with E-state index in [0.717, 1.165) is 11.1 Å². The second-order valence-corrected chi connectivity index (χ2v) is 5.92. The molecule has 21 heavy (non-hydrogen) atoms. The summed E-state index contributed by atoms with van der Waals surface area (Å²) in [6.45, 7) is 6.39. The zero-order valence-corrected chi connectivity index (χ0v) is 12.6. The molecule has 110 valence electrons. The lowest BCUT2D eigenvalue weighted by molar-refractivity contribution is 0.0941. The maximum absolute atomic E-state index is 13.7. The third kappa shape index (κ3) is 3.69. The molecule has 0 aliphatic carbocycles. The number of carbonyl (C=O) groups excluding carboxylic acids is 1. The highest BCUT2D eigenvalue weighted by Gasteiger charge is 2.22. The summed E-state index contributed by atoms with van der Waals surface area (Å²) in [5, 5.41) is 2.83. The average Bonchev–Trinajstić information content (AvgIpc) is 2.48. The lowest BCUT2D eigenvalue weighted by Crippen LogP contribution is -2.37. The Morgan fingerprint density at radius 1 is 1.14 bits per heavy atom. The molecule has 0 atom stereocenters. The van der Waals surface area contributed by atoms with Gasteiger partial charge in [0.1, 0.15) is 5.82 Å². The largest absolute Gasteiger partial charge is 0.351 e. The number of amides is 1. The second-order valence-electron chi connectivity index (χ2n) is 5.92. The van der Waals surface area contributed by atoms with Crippen LogP contribution in [0.1, 0.15) is 35.3 Å². The molecule has 0 heterocycles. The highest BCUT2D eigenvalue weighted by Crippen LogP contribution is 2.22. The van der Waals surface area contributed by atoms with Crippen LogP contribution in [0.3, 0.4) is 0 Å². The zero-order chi connectivity index (χ0) is 15.5. The molecule has 0 saturated carbocycles. The molecule has 3 heteroatoms. The van der Waals surface area contributed by atoms with Crippen molar-refractivity contribution in [1.82, 2.24) is 5.32 Å². The molecule has 0 bridgehead atoms. The molecule has 0 aromatic heterocycles. The van der Waals surface area contributed by atoms with Crippen molar-refractivity contribution < 1.29 is 9.18 Å². The van der Waals surface area contributed by atoms with Crippen LogP contribution >= 0.6 is 0 Å². The molecule has 0 saturated heterocycles. The van der Waals surface area contributed by atoms with Gasteiger partial charge in [0.05, 0.1) is 5.56 Å². The van der Waals surface area contributed by atoms with E-state index in [1.54, 1.807) is 12.1 Å². The van der Waals surface area contributed by atoms with Gasteiger partial charge in [-0.2, -0.15) is 0 Å². The van der Waals surface area contributed by atoms with Gasteiger partial charge in [-0.05, 0) is 24.6 Å². The predicted octanol–water partition coefficient (Wildman–Crippen LogP) is 3.84. The summed E-state index contributed by atoms with van der Waals surface area (Å²) >= 11 is 0. The molecule has 1 N–H and O–H groups in total. The molecule has 0 spiro atoms. The van der Waals surface area contributed by atoms with Gasteiger partial charge in [-0.3, -0.25) is 4.79 Å². The smallest absolute Gasteiger partial charge is 0.254 e. The predicted molar refractivity (Wildman–Crippen MR) is 82.9 cm³/mol. The Bertz CT molecular complexity index is 635. The number of rotatable bonds is 4. The maximum Gasteiger partial charge on any atom is 0.254 e. The SMILES string of the molecule is Cc1ccc(F)c(C(=O)NCC(C)(C)c2ccccc2)c1. The minimum atomic E-state index is -0.490. The van der Waals surface area contributed by atoms with Crippen LogP contribution in [0.2, 0.25) is 0 Å². The van der Waals surface area contributed by atoms with Crippen LogP contribution in [0.25, 0.3) is 0 Å². The molecule has 2 aromatic rings. The van der Waals surface area contributed by atoms with Crippen molar-refractivity contribution in [3.05, 3.63) is 71.0 Å². The van der Waals surface area contributed by atoms with Crippen LogP contribution < -0.4 is 5.32 Å². The molecular weight excluding hydrogens is 265 g/mol. The molecule has 1 amide bonds. The van der Waals surface area contributed by atoms with E-state index in [2.05, 4.69) is 19.2 Å². The van der Waals surface area contributed by atoms with E-state index < -0.39 is 5.82 Å². The van der Waals surface area contributed by atoms with Crippen molar-refractivity contribution in [3.63, 3.8) is 0 Å². The normalized spacial score (nSPS) is 11.2. The van der Waals surface area contributed by atoms with E-state index in [1.807, 2.05) is 37.3 Å². The van der Waals surface area contributed by atoms with E-state index in [0.29, 0.717) is 6.54 Å². The number of hydrogen-bond donors (Lipinski definition) is 1. The van der Waals surface area contributed by atoms with E-state index >= 15 is 0 Å². The van der Waals surface area contributed by atoms with Crippen molar-refractivity contribution in [2.75, 3.05) is 6.54 Å². The first kappa shape index (κ1) is 15.2. The first-order chi connectivity index (χ1) is 9.90. The van der Waals surface area contributed by atoms with Gasteiger partial charge < -0.3 is 5.32 Å². The van der Waals surface area contributed by atoms with E-state index in [-0.39, 0.29) is 16.9 Å². The fourth-order valence-electron chi connectivity index (χ4n) is 2.20. The quantitative estimate of drug-likeness (QED) is 0.908. The van der Waals surface area contributed by atoms with E-state index in [4.69, 9.17) is 0 Å². The van der Waals surface area contributed by atoms with Crippen molar-refractivity contribution in [1.29, 1.82) is 0 Å². The Morgan fingerprint density at radius 2 is 1.81 bits per heavy atom. The Morgan fingerprint density at radius 3 is 2.48 bits per heavy atom. The molecule has 2 aromatic carbocycles. The minimum Gasteiger partial charge on any atom is -0.351 e. The van der Waals surface area contributed by atoms with Crippen LogP contribution in [-0.4, -0.2) is 12.5 Å². The van der Waals surface area contributed by atoms with Gasteiger partial charge in [-0.25, -0.2) is 4.39 Å². The summed E-state index contributed by atoms with van der Waals surface area (Å²) in [7, 11) is 0. The minimum absolute atomic E-state index is 0.0962. The molecule has 0 radical (unpaired) electrons. The number of benzene rings is 2. The van der Waals surface area contributed by atoms with Crippen LogP contribution in [-0.2, 0) is 5.41 Å². The third-order valence-electron chi connectivity index (χ3n) is 3.61. The number of carbonyl (C=O) groups is 1. The van der Waals surface area contributed by atoms with Crippen LogP contribution in [0.15, 0.2) is 48.5 Å². The summed E-state index contributed by atoms with van der Waals surface area (Å²) in [4.78, 5) is 12.1. The summed E-state index contributed by atoms with van der Waals surface area (Å²) in [6.07, 6.45) is 0. The van der Waals surface area contributed by atoms with E-state index in [1.165, 1.54) is 6.07 Å². The average molecular weight is 285 g/mol. The van der Waals surface area contributed by atoms with Gasteiger partial charge in [0.2, 0.25) is 0 Å². The lowest BCUT2D eigenvalue weighted by Gasteiger charge is -2.25. The first-order valence-electron chi connectivity index (χ1n) is 7.00. The summed E-state index contributed by atoms with van der Waals surface area (Å²) < 4.78 is 13.7. The molecule has 0 unspecified atom stereocenters. The molecule has 0 aliphatic rings. The van der Waals surface area contributed by atoms with Crippen molar-refractivity contribution in [2.24, 2.45) is 0 Å². The van der Waals surface area contributed by atoms with Gasteiger partial charge in [-0.1, -0.05) is 55.8 Å². The Labute approximate surface area is 125 Å². The second kappa shape index (κ2) is 6.08. The number of hydrogen-bond acceptors (Lipinski definition) is 1. The van der Waals surface area contributed by atoms with Crippen LogP contribution in [0.5, 0.6) is 0 Å². The summed E-state index contributed by atoms with van der Waals surface area (Å²) in [5.41, 5.74) is 1.88.